The first-order valence-electron chi connectivity index (χ1n) is 9.50. The second kappa shape index (κ2) is 5.86. The van der Waals surface area contributed by atoms with Crippen molar-refractivity contribution in [3.8, 4) is 0 Å². The summed E-state index contributed by atoms with van der Waals surface area (Å²) in [6.45, 7) is 2.71. The highest BCUT2D eigenvalue weighted by Crippen LogP contribution is 2.58. The van der Waals surface area contributed by atoms with Crippen molar-refractivity contribution >= 4 is 11.9 Å². The summed E-state index contributed by atoms with van der Waals surface area (Å²) in [6.07, 6.45) is 5.90. The van der Waals surface area contributed by atoms with Crippen molar-refractivity contribution in [2.45, 2.75) is 45.4 Å². The molecule has 2 bridgehead atoms. The van der Waals surface area contributed by atoms with E-state index in [1.807, 2.05) is 23.1 Å². The van der Waals surface area contributed by atoms with Gasteiger partial charge in [0, 0.05) is 13.1 Å². The van der Waals surface area contributed by atoms with Gasteiger partial charge in [0.25, 0.3) is 0 Å². The van der Waals surface area contributed by atoms with E-state index in [1.165, 1.54) is 18.4 Å². The number of amides is 1. The molecule has 4 rings (SSSR count). The van der Waals surface area contributed by atoms with Gasteiger partial charge in [0.1, 0.15) is 0 Å². The van der Waals surface area contributed by atoms with Gasteiger partial charge < -0.3 is 10.0 Å². The lowest BCUT2D eigenvalue weighted by atomic mass is 9.68. The van der Waals surface area contributed by atoms with Gasteiger partial charge >= 0.3 is 5.97 Å². The van der Waals surface area contributed by atoms with Gasteiger partial charge in [-0.1, -0.05) is 36.8 Å². The van der Waals surface area contributed by atoms with E-state index in [4.69, 9.17) is 0 Å². The minimum absolute atomic E-state index is 0.216. The zero-order valence-corrected chi connectivity index (χ0v) is 14.9. The van der Waals surface area contributed by atoms with Crippen LogP contribution in [0.3, 0.4) is 0 Å². The number of fused-ring (bicyclic) bond motifs is 2. The summed E-state index contributed by atoms with van der Waals surface area (Å²) in [4.78, 5) is 27.0. The molecule has 2 saturated carbocycles. The number of carbonyl (C=O) groups is 2. The Bertz CT molecular complexity index is 688. The van der Waals surface area contributed by atoms with Crippen molar-refractivity contribution in [1.29, 1.82) is 0 Å². The molecule has 1 heterocycles. The lowest BCUT2D eigenvalue weighted by Crippen LogP contribution is -2.48. The Morgan fingerprint density at radius 2 is 2.00 bits per heavy atom. The number of carboxylic acid groups (broad SMARTS) is 1. The van der Waals surface area contributed by atoms with Gasteiger partial charge in [0.2, 0.25) is 5.91 Å². The summed E-state index contributed by atoms with van der Waals surface area (Å²) in [5.74, 6) is 0.564. The third kappa shape index (κ3) is 2.66. The van der Waals surface area contributed by atoms with Crippen LogP contribution in [0.5, 0.6) is 0 Å². The number of nitrogens with zero attached hydrogens (tertiary/aromatic N) is 1. The molecule has 4 unspecified atom stereocenters. The van der Waals surface area contributed by atoms with Crippen molar-refractivity contribution in [2.24, 2.45) is 22.7 Å². The van der Waals surface area contributed by atoms with E-state index in [2.05, 4.69) is 12.1 Å². The molecule has 4 heteroatoms. The molecule has 2 aliphatic carbocycles. The van der Waals surface area contributed by atoms with Crippen LogP contribution in [-0.4, -0.2) is 35.0 Å². The maximum absolute atomic E-state index is 13.6. The summed E-state index contributed by atoms with van der Waals surface area (Å²) >= 11 is 0. The van der Waals surface area contributed by atoms with Crippen LogP contribution in [-0.2, 0) is 16.0 Å². The molecular weight excluding hydrogens is 314 g/mol. The SMILES string of the molecule is CC1(C(=O)O)CCN(C(=O)C2(Cc3ccccc3)CC3CCC2C3)C1. The first-order chi connectivity index (χ1) is 11.9. The summed E-state index contributed by atoms with van der Waals surface area (Å²) in [5, 5.41) is 9.50. The normalized spacial score (nSPS) is 36.8. The number of hydrogen-bond donors (Lipinski definition) is 1. The Kier molecular flexibility index (Phi) is 3.89. The highest BCUT2D eigenvalue weighted by atomic mass is 16.4. The molecular formula is C21H27NO3. The van der Waals surface area contributed by atoms with Gasteiger partial charge in [0.15, 0.2) is 0 Å². The molecule has 0 radical (unpaired) electrons. The lowest BCUT2D eigenvalue weighted by molar-refractivity contribution is -0.149. The van der Waals surface area contributed by atoms with E-state index < -0.39 is 11.4 Å². The van der Waals surface area contributed by atoms with Crippen molar-refractivity contribution < 1.29 is 14.7 Å². The molecule has 1 aromatic carbocycles. The number of benzene rings is 1. The molecule has 3 aliphatic rings. The van der Waals surface area contributed by atoms with Gasteiger partial charge in [-0.25, -0.2) is 0 Å². The van der Waals surface area contributed by atoms with E-state index in [1.54, 1.807) is 6.92 Å². The lowest BCUT2D eigenvalue weighted by Gasteiger charge is -2.39. The average Bonchev–Trinajstić information content (AvgIpc) is 3.30. The Morgan fingerprint density at radius 1 is 1.24 bits per heavy atom. The maximum atomic E-state index is 13.6. The molecule has 1 aliphatic heterocycles. The Labute approximate surface area is 149 Å². The summed E-state index contributed by atoms with van der Waals surface area (Å²) in [6, 6.07) is 10.3. The number of carboxylic acids is 1. The van der Waals surface area contributed by atoms with Crippen LogP contribution in [0.1, 0.15) is 44.6 Å². The van der Waals surface area contributed by atoms with Crippen LogP contribution in [0.15, 0.2) is 30.3 Å². The van der Waals surface area contributed by atoms with E-state index in [0.717, 1.165) is 19.3 Å². The van der Waals surface area contributed by atoms with Gasteiger partial charge in [0.05, 0.1) is 10.8 Å². The Hall–Kier alpha value is -1.84. The fraction of sp³-hybridized carbons (Fsp3) is 0.619. The Balaban J connectivity index is 1.61. The zero-order chi connectivity index (χ0) is 17.7. The molecule has 1 amide bonds. The monoisotopic (exact) mass is 341 g/mol. The Morgan fingerprint density at radius 3 is 2.56 bits per heavy atom. The second-order valence-electron chi connectivity index (χ2n) is 8.74. The summed E-state index contributed by atoms with van der Waals surface area (Å²) in [5.41, 5.74) is 0.124. The highest BCUT2D eigenvalue weighted by molar-refractivity contribution is 5.86. The van der Waals surface area contributed by atoms with E-state index in [0.29, 0.717) is 31.3 Å². The smallest absolute Gasteiger partial charge is 0.311 e. The number of likely N-dealkylation sites (tertiary alicyclic amines) is 1. The van der Waals surface area contributed by atoms with Gasteiger partial charge in [-0.3, -0.25) is 9.59 Å². The third-order valence-corrected chi connectivity index (χ3v) is 7.04. The number of carbonyl (C=O) groups excluding carboxylic acids is 1. The number of hydrogen-bond acceptors (Lipinski definition) is 2. The van der Waals surface area contributed by atoms with Crippen LogP contribution in [0.25, 0.3) is 0 Å². The summed E-state index contributed by atoms with van der Waals surface area (Å²) < 4.78 is 0. The molecule has 3 fully saturated rings. The fourth-order valence-electron chi connectivity index (χ4n) is 5.58. The topological polar surface area (TPSA) is 57.6 Å². The number of rotatable bonds is 4. The van der Waals surface area contributed by atoms with Gasteiger partial charge in [-0.05, 0) is 56.4 Å². The fourth-order valence-corrected chi connectivity index (χ4v) is 5.58. The van der Waals surface area contributed by atoms with Crippen molar-refractivity contribution in [3.63, 3.8) is 0 Å². The quantitative estimate of drug-likeness (QED) is 0.913. The van der Waals surface area contributed by atoms with Crippen LogP contribution in [0.4, 0.5) is 0 Å². The standard InChI is InChI=1S/C21H27NO3/c1-20(19(24)25)9-10-22(14-20)18(23)21(12-15-5-3-2-4-6-15)13-16-7-8-17(21)11-16/h2-6,16-17H,7-14H2,1H3,(H,24,25). The average molecular weight is 341 g/mol. The minimum Gasteiger partial charge on any atom is -0.481 e. The van der Waals surface area contributed by atoms with Gasteiger partial charge in [-0.2, -0.15) is 0 Å². The molecule has 4 atom stereocenters. The number of aliphatic carboxylic acids is 1. The van der Waals surface area contributed by atoms with Crippen LogP contribution in [0.2, 0.25) is 0 Å². The predicted molar refractivity (Wildman–Crippen MR) is 95.0 cm³/mol. The second-order valence-corrected chi connectivity index (χ2v) is 8.74. The molecule has 1 aromatic rings. The minimum atomic E-state index is -0.790. The van der Waals surface area contributed by atoms with E-state index in [-0.39, 0.29) is 11.3 Å². The van der Waals surface area contributed by atoms with E-state index in [9.17, 15) is 14.7 Å². The highest BCUT2D eigenvalue weighted by Gasteiger charge is 2.57. The molecule has 0 spiro atoms. The first-order valence-corrected chi connectivity index (χ1v) is 9.50. The van der Waals surface area contributed by atoms with Crippen molar-refractivity contribution in [2.75, 3.05) is 13.1 Å². The molecule has 1 N–H and O–H groups in total. The van der Waals surface area contributed by atoms with Crippen LogP contribution >= 0.6 is 0 Å². The molecule has 1 saturated heterocycles. The van der Waals surface area contributed by atoms with E-state index >= 15 is 0 Å². The molecule has 25 heavy (non-hydrogen) atoms. The summed E-state index contributed by atoms with van der Waals surface area (Å²) in [7, 11) is 0. The molecule has 4 nitrogen and oxygen atoms in total. The van der Waals surface area contributed by atoms with Crippen molar-refractivity contribution in [1.82, 2.24) is 4.90 Å². The van der Waals surface area contributed by atoms with Gasteiger partial charge in [-0.15, -0.1) is 0 Å². The first kappa shape index (κ1) is 16.6. The third-order valence-electron chi connectivity index (χ3n) is 7.04. The van der Waals surface area contributed by atoms with Crippen LogP contribution in [0, 0.1) is 22.7 Å². The van der Waals surface area contributed by atoms with Crippen LogP contribution < -0.4 is 0 Å². The maximum Gasteiger partial charge on any atom is 0.311 e. The largest absolute Gasteiger partial charge is 0.481 e. The van der Waals surface area contributed by atoms with Crippen molar-refractivity contribution in [3.05, 3.63) is 35.9 Å². The molecule has 134 valence electrons. The predicted octanol–water partition coefficient (Wildman–Crippen LogP) is 3.36. The zero-order valence-electron chi connectivity index (χ0n) is 14.9. The molecule has 0 aromatic heterocycles.